The average Bonchev–Trinajstić information content (AvgIpc) is 3.26. The number of carbonyl (C=O) groups excluding carboxylic acids is 2. The number of aryl methyl sites for hydroxylation is 1. The summed E-state index contributed by atoms with van der Waals surface area (Å²) >= 11 is 0. The molecular weight excluding hydrogens is 382 g/mol. The van der Waals surface area contributed by atoms with Crippen molar-refractivity contribution in [2.24, 2.45) is 0 Å². The van der Waals surface area contributed by atoms with E-state index in [1.54, 1.807) is 23.6 Å². The lowest BCUT2D eigenvalue weighted by molar-refractivity contribution is -0.142. The standard InChI is InChI=1S/C23H21N3O4/c1-15-9-10-19(30-15)11-12-22(28)29-14-21(27)25-23-20(13-24)16(2)17(3)26(23)18-7-5-4-6-8-18/h4-12H,14H2,1-3H3,(H,25,27)/b12-11+. The summed E-state index contributed by atoms with van der Waals surface area (Å²) in [5.74, 6) is 0.366. The normalized spacial score (nSPS) is 10.7. The summed E-state index contributed by atoms with van der Waals surface area (Å²) in [6.07, 6.45) is 2.65. The number of anilines is 1. The van der Waals surface area contributed by atoms with Gasteiger partial charge in [-0.1, -0.05) is 18.2 Å². The zero-order chi connectivity index (χ0) is 21.7. The van der Waals surface area contributed by atoms with Crippen LogP contribution >= 0.6 is 0 Å². The molecule has 30 heavy (non-hydrogen) atoms. The lowest BCUT2D eigenvalue weighted by Crippen LogP contribution is -2.22. The number of nitriles is 1. The maximum Gasteiger partial charge on any atom is 0.331 e. The Labute approximate surface area is 174 Å². The molecule has 0 aliphatic carbocycles. The Morgan fingerprint density at radius 3 is 2.53 bits per heavy atom. The second-order valence-corrected chi connectivity index (χ2v) is 6.65. The van der Waals surface area contributed by atoms with Crippen molar-refractivity contribution in [1.82, 2.24) is 4.57 Å². The van der Waals surface area contributed by atoms with Gasteiger partial charge in [-0.15, -0.1) is 0 Å². The molecule has 1 amide bonds. The molecule has 1 aromatic carbocycles. The van der Waals surface area contributed by atoms with Crippen molar-refractivity contribution < 1.29 is 18.7 Å². The van der Waals surface area contributed by atoms with Crippen LogP contribution < -0.4 is 5.32 Å². The van der Waals surface area contributed by atoms with Crippen LogP contribution in [0.25, 0.3) is 11.8 Å². The van der Waals surface area contributed by atoms with Crippen LogP contribution in [-0.4, -0.2) is 23.1 Å². The van der Waals surface area contributed by atoms with Crippen molar-refractivity contribution in [3.63, 3.8) is 0 Å². The molecule has 7 nitrogen and oxygen atoms in total. The fourth-order valence-corrected chi connectivity index (χ4v) is 3.01. The summed E-state index contributed by atoms with van der Waals surface area (Å²) in [4.78, 5) is 24.3. The first kappa shape index (κ1) is 20.7. The highest BCUT2D eigenvalue weighted by molar-refractivity contribution is 5.95. The number of hydrogen-bond donors (Lipinski definition) is 1. The Balaban J connectivity index is 1.72. The molecule has 2 aromatic heterocycles. The van der Waals surface area contributed by atoms with Gasteiger partial charge in [0.1, 0.15) is 23.4 Å². The zero-order valence-electron chi connectivity index (χ0n) is 16.9. The Morgan fingerprint density at radius 1 is 1.17 bits per heavy atom. The van der Waals surface area contributed by atoms with Crippen LogP contribution in [0, 0.1) is 32.1 Å². The molecular formula is C23H21N3O4. The number of para-hydroxylation sites is 1. The summed E-state index contributed by atoms with van der Waals surface area (Å²) in [5, 5.41) is 12.3. The van der Waals surface area contributed by atoms with Crippen LogP contribution in [0.5, 0.6) is 0 Å². The molecule has 3 aromatic rings. The Bertz CT molecular complexity index is 1150. The van der Waals surface area contributed by atoms with E-state index < -0.39 is 18.5 Å². The SMILES string of the molecule is Cc1ccc(/C=C/C(=O)OCC(=O)Nc2c(C#N)c(C)c(C)n2-c2ccccc2)o1. The van der Waals surface area contributed by atoms with E-state index in [4.69, 9.17) is 9.15 Å². The summed E-state index contributed by atoms with van der Waals surface area (Å²) < 4.78 is 12.1. The van der Waals surface area contributed by atoms with Crippen molar-refractivity contribution in [1.29, 1.82) is 5.26 Å². The molecule has 0 fully saturated rings. The smallest absolute Gasteiger partial charge is 0.331 e. The number of hydrogen-bond acceptors (Lipinski definition) is 5. The van der Waals surface area contributed by atoms with Crippen molar-refractivity contribution in [2.75, 3.05) is 11.9 Å². The van der Waals surface area contributed by atoms with Gasteiger partial charge in [-0.2, -0.15) is 5.26 Å². The molecule has 1 N–H and O–H groups in total. The van der Waals surface area contributed by atoms with Gasteiger partial charge >= 0.3 is 5.97 Å². The van der Waals surface area contributed by atoms with Gasteiger partial charge in [-0.05, 0) is 56.7 Å². The minimum Gasteiger partial charge on any atom is -0.462 e. The third-order valence-electron chi connectivity index (χ3n) is 4.59. The molecule has 0 bridgehead atoms. The number of nitrogens with zero attached hydrogens (tertiary/aromatic N) is 2. The van der Waals surface area contributed by atoms with Gasteiger partial charge in [0.25, 0.3) is 5.91 Å². The van der Waals surface area contributed by atoms with Crippen molar-refractivity contribution >= 4 is 23.8 Å². The van der Waals surface area contributed by atoms with Gasteiger partial charge < -0.3 is 14.5 Å². The lowest BCUT2D eigenvalue weighted by Gasteiger charge is -2.13. The van der Waals surface area contributed by atoms with Gasteiger partial charge in [0.2, 0.25) is 0 Å². The number of amides is 1. The molecule has 7 heteroatoms. The lowest BCUT2D eigenvalue weighted by atomic mass is 10.2. The number of rotatable bonds is 6. The summed E-state index contributed by atoms with van der Waals surface area (Å²) in [7, 11) is 0. The van der Waals surface area contributed by atoms with E-state index in [-0.39, 0.29) is 0 Å². The number of benzene rings is 1. The van der Waals surface area contributed by atoms with Crippen molar-refractivity contribution in [3.8, 4) is 11.8 Å². The monoisotopic (exact) mass is 403 g/mol. The highest BCUT2D eigenvalue weighted by Gasteiger charge is 2.21. The molecule has 0 atom stereocenters. The maximum absolute atomic E-state index is 12.4. The Kier molecular flexibility index (Phi) is 6.18. The van der Waals surface area contributed by atoms with Crippen LogP contribution in [0.3, 0.4) is 0 Å². The minimum atomic E-state index is -0.675. The second-order valence-electron chi connectivity index (χ2n) is 6.65. The van der Waals surface area contributed by atoms with Gasteiger partial charge in [0, 0.05) is 17.5 Å². The molecule has 0 radical (unpaired) electrons. The summed E-state index contributed by atoms with van der Waals surface area (Å²) in [5.41, 5.74) is 2.78. The Morgan fingerprint density at radius 2 is 1.90 bits per heavy atom. The van der Waals surface area contributed by atoms with Crippen LogP contribution in [0.1, 0.15) is 28.3 Å². The number of aromatic nitrogens is 1. The van der Waals surface area contributed by atoms with E-state index in [9.17, 15) is 14.9 Å². The number of carbonyl (C=O) groups is 2. The number of esters is 1. The molecule has 3 rings (SSSR count). The first-order chi connectivity index (χ1) is 14.4. The average molecular weight is 403 g/mol. The van der Waals surface area contributed by atoms with Gasteiger partial charge in [-0.3, -0.25) is 9.36 Å². The largest absolute Gasteiger partial charge is 0.462 e. The fourth-order valence-electron chi connectivity index (χ4n) is 3.01. The predicted octanol–water partition coefficient (Wildman–Crippen LogP) is 4.06. The molecule has 0 saturated carbocycles. The van der Waals surface area contributed by atoms with E-state index in [0.29, 0.717) is 17.1 Å². The van der Waals surface area contributed by atoms with Gasteiger partial charge in [-0.25, -0.2) is 4.79 Å². The third-order valence-corrected chi connectivity index (χ3v) is 4.59. The zero-order valence-corrected chi connectivity index (χ0v) is 16.9. The molecule has 2 heterocycles. The number of furan rings is 1. The quantitative estimate of drug-likeness (QED) is 0.494. The van der Waals surface area contributed by atoms with E-state index in [1.165, 1.54) is 12.2 Å². The van der Waals surface area contributed by atoms with Gasteiger partial charge in [0.15, 0.2) is 6.61 Å². The van der Waals surface area contributed by atoms with E-state index in [1.807, 2.05) is 44.2 Å². The van der Waals surface area contributed by atoms with Crippen LogP contribution in [0.2, 0.25) is 0 Å². The first-order valence-electron chi connectivity index (χ1n) is 9.29. The predicted molar refractivity (Wildman–Crippen MR) is 112 cm³/mol. The molecule has 0 unspecified atom stereocenters. The van der Waals surface area contributed by atoms with Gasteiger partial charge in [0.05, 0.1) is 5.56 Å². The molecule has 152 valence electrons. The minimum absolute atomic E-state index is 0.348. The van der Waals surface area contributed by atoms with Crippen LogP contribution in [0.4, 0.5) is 5.82 Å². The molecule has 0 spiro atoms. The summed E-state index contributed by atoms with van der Waals surface area (Å²) in [6.45, 7) is 5.01. The number of ether oxygens (including phenoxy) is 1. The highest BCUT2D eigenvalue weighted by Crippen LogP contribution is 2.29. The molecule has 0 aliphatic rings. The second kappa shape index (κ2) is 8.97. The topological polar surface area (TPSA) is 97.3 Å². The Hall–Kier alpha value is -4.05. The van der Waals surface area contributed by atoms with E-state index in [2.05, 4.69) is 11.4 Å². The molecule has 0 saturated heterocycles. The molecule has 0 aliphatic heterocycles. The van der Waals surface area contributed by atoms with E-state index >= 15 is 0 Å². The maximum atomic E-state index is 12.4. The third kappa shape index (κ3) is 4.50. The fraction of sp³-hybridized carbons (Fsp3) is 0.174. The van der Waals surface area contributed by atoms with Crippen molar-refractivity contribution in [3.05, 3.63) is 76.9 Å². The first-order valence-corrected chi connectivity index (χ1v) is 9.29. The van der Waals surface area contributed by atoms with Crippen LogP contribution in [-0.2, 0) is 14.3 Å². The van der Waals surface area contributed by atoms with Crippen LogP contribution in [0.15, 0.2) is 53.0 Å². The summed E-state index contributed by atoms with van der Waals surface area (Å²) in [6, 6.07) is 15.0. The van der Waals surface area contributed by atoms with E-state index in [0.717, 1.165) is 22.7 Å². The highest BCUT2D eigenvalue weighted by atomic mass is 16.5. The van der Waals surface area contributed by atoms with Crippen molar-refractivity contribution in [2.45, 2.75) is 20.8 Å². The number of nitrogens with one attached hydrogen (secondary N) is 1.